The van der Waals surface area contributed by atoms with Crippen molar-refractivity contribution >= 4 is 0 Å². The standard InChI is InChI=1S/C12H11F4N3/c13-9-2-1-8(11(5-9)12(14,15)16)6-17-7-10-3-4-18-19-10/h1-5,17H,6-7H2,(H,18,19). The van der Waals surface area contributed by atoms with Crippen LogP contribution in [0.1, 0.15) is 16.8 Å². The number of rotatable bonds is 4. The first kappa shape index (κ1) is 13.5. The van der Waals surface area contributed by atoms with Crippen LogP contribution in [0, 0.1) is 5.82 Å². The van der Waals surface area contributed by atoms with Crippen molar-refractivity contribution in [1.82, 2.24) is 15.5 Å². The third-order valence-electron chi connectivity index (χ3n) is 2.57. The van der Waals surface area contributed by atoms with E-state index in [9.17, 15) is 17.6 Å². The zero-order chi connectivity index (χ0) is 13.9. The van der Waals surface area contributed by atoms with Crippen LogP contribution in [0.2, 0.25) is 0 Å². The molecule has 19 heavy (non-hydrogen) atoms. The molecule has 1 aromatic carbocycles. The molecule has 0 saturated heterocycles. The molecule has 7 heteroatoms. The van der Waals surface area contributed by atoms with Crippen LogP contribution in [0.4, 0.5) is 17.6 Å². The van der Waals surface area contributed by atoms with Gasteiger partial charge in [0.15, 0.2) is 0 Å². The van der Waals surface area contributed by atoms with E-state index in [0.29, 0.717) is 12.6 Å². The third kappa shape index (κ3) is 3.54. The van der Waals surface area contributed by atoms with Gasteiger partial charge < -0.3 is 5.32 Å². The maximum Gasteiger partial charge on any atom is 0.416 e. The average Bonchev–Trinajstić information content (AvgIpc) is 2.83. The van der Waals surface area contributed by atoms with E-state index in [0.717, 1.165) is 17.8 Å². The molecule has 1 heterocycles. The molecule has 0 spiro atoms. The number of hydrogen-bond donors (Lipinski definition) is 2. The van der Waals surface area contributed by atoms with Crippen molar-refractivity contribution < 1.29 is 17.6 Å². The van der Waals surface area contributed by atoms with Gasteiger partial charge in [-0.05, 0) is 23.8 Å². The number of H-pyrrole nitrogens is 1. The summed E-state index contributed by atoms with van der Waals surface area (Å²) in [7, 11) is 0. The zero-order valence-electron chi connectivity index (χ0n) is 9.76. The summed E-state index contributed by atoms with van der Waals surface area (Å²) in [5.74, 6) is -0.898. The highest BCUT2D eigenvalue weighted by atomic mass is 19.4. The number of aromatic nitrogens is 2. The van der Waals surface area contributed by atoms with E-state index < -0.39 is 17.6 Å². The van der Waals surface area contributed by atoms with E-state index in [2.05, 4.69) is 15.5 Å². The van der Waals surface area contributed by atoms with Crippen molar-refractivity contribution in [2.24, 2.45) is 0 Å². The minimum Gasteiger partial charge on any atom is -0.307 e. The molecule has 0 atom stereocenters. The van der Waals surface area contributed by atoms with Crippen molar-refractivity contribution in [2.45, 2.75) is 19.3 Å². The fraction of sp³-hybridized carbons (Fsp3) is 0.250. The van der Waals surface area contributed by atoms with Gasteiger partial charge in [-0.3, -0.25) is 5.10 Å². The predicted octanol–water partition coefficient (Wildman–Crippen LogP) is 2.86. The van der Waals surface area contributed by atoms with Gasteiger partial charge in [0.1, 0.15) is 5.82 Å². The lowest BCUT2D eigenvalue weighted by Crippen LogP contribution is -2.17. The van der Waals surface area contributed by atoms with E-state index in [1.807, 2.05) is 0 Å². The van der Waals surface area contributed by atoms with Crippen molar-refractivity contribution in [3.63, 3.8) is 0 Å². The van der Waals surface area contributed by atoms with Gasteiger partial charge in [-0.1, -0.05) is 6.07 Å². The summed E-state index contributed by atoms with van der Waals surface area (Å²) in [6.07, 6.45) is -3.01. The molecule has 3 nitrogen and oxygen atoms in total. The first-order chi connectivity index (χ1) is 8.97. The maximum atomic E-state index is 12.9. The third-order valence-corrected chi connectivity index (χ3v) is 2.57. The highest BCUT2D eigenvalue weighted by Crippen LogP contribution is 2.32. The fourth-order valence-corrected chi connectivity index (χ4v) is 1.68. The van der Waals surface area contributed by atoms with Gasteiger partial charge in [-0.15, -0.1) is 0 Å². The van der Waals surface area contributed by atoms with Crippen LogP contribution in [-0.2, 0) is 19.3 Å². The molecule has 0 aliphatic heterocycles. The van der Waals surface area contributed by atoms with Crippen molar-refractivity contribution in [2.75, 3.05) is 0 Å². The zero-order valence-corrected chi connectivity index (χ0v) is 9.76. The minimum atomic E-state index is -4.56. The molecule has 0 amide bonds. The Labute approximate surface area is 106 Å². The topological polar surface area (TPSA) is 40.7 Å². The smallest absolute Gasteiger partial charge is 0.307 e. The Morgan fingerprint density at radius 2 is 1.95 bits per heavy atom. The van der Waals surface area contributed by atoms with Crippen LogP contribution in [-0.4, -0.2) is 10.2 Å². The average molecular weight is 273 g/mol. The summed E-state index contributed by atoms with van der Waals surface area (Å²) in [6, 6.07) is 4.37. The predicted molar refractivity (Wildman–Crippen MR) is 60.5 cm³/mol. The highest BCUT2D eigenvalue weighted by Gasteiger charge is 2.33. The van der Waals surface area contributed by atoms with Crippen molar-refractivity contribution in [3.8, 4) is 0 Å². The van der Waals surface area contributed by atoms with Crippen LogP contribution in [0.25, 0.3) is 0 Å². The molecule has 2 aromatic rings. The van der Waals surface area contributed by atoms with E-state index in [1.165, 1.54) is 0 Å². The van der Waals surface area contributed by atoms with Gasteiger partial charge >= 0.3 is 6.18 Å². The molecule has 0 fully saturated rings. The molecule has 2 rings (SSSR count). The molecule has 2 N–H and O–H groups in total. The first-order valence-corrected chi connectivity index (χ1v) is 5.51. The lowest BCUT2D eigenvalue weighted by molar-refractivity contribution is -0.138. The van der Waals surface area contributed by atoms with E-state index in [-0.39, 0.29) is 12.1 Å². The van der Waals surface area contributed by atoms with Gasteiger partial charge in [0.2, 0.25) is 0 Å². The van der Waals surface area contributed by atoms with Crippen molar-refractivity contribution in [1.29, 1.82) is 0 Å². The van der Waals surface area contributed by atoms with E-state index in [4.69, 9.17) is 0 Å². The second-order valence-corrected chi connectivity index (χ2v) is 3.98. The van der Waals surface area contributed by atoms with Crippen LogP contribution in [0.15, 0.2) is 30.5 Å². The Balaban J connectivity index is 2.07. The molecule has 0 aliphatic carbocycles. The highest BCUT2D eigenvalue weighted by molar-refractivity contribution is 5.30. The second-order valence-electron chi connectivity index (χ2n) is 3.98. The summed E-state index contributed by atoms with van der Waals surface area (Å²) in [4.78, 5) is 0. The molecule has 0 radical (unpaired) electrons. The minimum absolute atomic E-state index is 0.00581. The monoisotopic (exact) mass is 273 g/mol. The summed E-state index contributed by atoms with van der Waals surface area (Å²) >= 11 is 0. The number of benzene rings is 1. The second kappa shape index (κ2) is 5.40. The summed E-state index contributed by atoms with van der Waals surface area (Å²) < 4.78 is 51.0. The number of aromatic amines is 1. The molecule has 0 unspecified atom stereocenters. The molecule has 102 valence electrons. The van der Waals surface area contributed by atoms with E-state index >= 15 is 0 Å². The Kier molecular flexibility index (Phi) is 3.84. The fourth-order valence-electron chi connectivity index (χ4n) is 1.68. The number of hydrogen-bond acceptors (Lipinski definition) is 2. The summed E-state index contributed by atoms with van der Waals surface area (Å²) in [5, 5.41) is 9.25. The number of alkyl halides is 3. The Morgan fingerprint density at radius 1 is 1.16 bits per heavy atom. The molecule has 0 saturated carbocycles. The van der Waals surface area contributed by atoms with Gasteiger partial charge in [0, 0.05) is 25.0 Å². The normalized spacial score (nSPS) is 11.8. The first-order valence-electron chi connectivity index (χ1n) is 5.51. The summed E-state index contributed by atoms with van der Waals surface area (Å²) in [5.41, 5.74) is -0.186. The quantitative estimate of drug-likeness (QED) is 0.841. The van der Waals surface area contributed by atoms with Gasteiger partial charge in [0.05, 0.1) is 5.56 Å². The Bertz CT molecular complexity index is 534. The molecular formula is C12H11F4N3. The van der Waals surface area contributed by atoms with Gasteiger partial charge in [-0.25, -0.2) is 4.39 Å². The molecular weight excluding hydrogens is 262 g/mol. The largest absolute Gasteiger partial charge is 0.416 e. The van der Waals surface area contributed by atoms with Crippen LogP contribution in [0.3, 0.4) is 0 Å². The van der Waals surface area contributed by atoms with E-state index in [1.54, 1.807) is 12.3 Å². The number of nitrogens with zero attached hydrogens (tertiary/aromatic N) is 1. The molecule has 0 aliphatic rings. The lowest BCUT2D eigenvalue weighted by atomic mass is 10.1. The number of nitrogens with one attached hydrogen (secondary N) is 2. The van der Waals surface area contributed by atoms with Crippen LogP contribution < -0.4 is 5.32 Å². The molecule has 1 aromatic heterocycles. The van der Waals surface area contributed by atoms with Gasteiger partial charge in [-0.2, -0.15) is 18.3 Å². The van der Waals surface area contributed by atoms with Crippen molar-refractivity contribution in [3.05, 3.63) is 53.1 Å². The maximum absolute atomic E-state index is 12.9. The molecule has 0 bridgehead atoms. The summed E-state index contributed by atoms with van der Waals surface area (Å²) in [6.45, 7) is 0.350. The SMILES string of the molecule is Fc1ccc(CNCc2ccn[nH]2)c(C(F)(F)F)c1. The lowest BCUT2D eigenvalue weighted by Gasteiger charge is -2.13. The number of halogens is 4. The Morgan fingerprint density at radius 3 is 2.58 bits per heavy atom. The van der Waals surface area contributed by atoms with Crippen LogP contribution in [0.5, 0.6) is 0 Å². The van der Waals surface area contributed by atoms with Gasteiger partial charge in [0.25, 0.3) is 0 Å². The van der Waals surface area contributed by atoms with Crippen LogP contribution >= 0.6 is 0 Å². The Hall–Kier alpha value is -1.89.